The van der Waals surface area contributed by atoms with E-state index in [0.29, 0.717) is 57.8 Å². The summed E-state index contributed by atoms with van der Waals surface area (Å²) in [6.45, 7) is 20.7. The molecule has 0 bridgehead atoms. The van der Waals surface area contributed by atoms with E-state index in [9.17, 15) is 28.8 Å². The first-order valence-corrected chi connectivity index (χ1v) is 17.1. The molecule has 48 heavy (non-hydrogen) atoms. The number of carbonyl (C=O) groups excluding carboxylic acids is 3. The molecule has 262 valence electrons. The van der Waals surface area contributed by atoms with E-state index in [1.807, 2.05) is 27.7 Å². The Morgan fingerprint density at radius 3 is 1.15 bits per heavy atom. The fourth-order valence-corrected chi connectivity index (χ4v) is 10.6. The molecule has 1 aromatic rings. The minimum Gasteiger partial charge on any atom is -0.247 e. The van der Waals surface area contributed by atoms with Gasteiger partial charge in [-0.1, -0.05) is 48.5 Å². The summed E-state index contributed by atoms with van der Waals surface area (Å²) in [5, 5.41) is 0. The molecule has 1 heterocycles. The summed E-state index contributed by atoms with van der Waals surface area (Å²) in [6.07, 6.45) is 10.3. The summed E-state index contributed by atoms with van der Waals surface area (Å²) < 4.78 is 3.57. The molecule has 4 rings (SSSR count). The van der Waals surface area contributed by atoms with Gasteiger partial charge in [-0.05, 0) is 78.9 Å². The lowest BCUT2D eigenvalue weighted by molar-refractivity contribution is 0.0547. The van der Waals surface area contributed by atoms with Crippen LogP contribution in [0.3, 0.4) is 0 Å². The smallest absolute Gasteiger partial charge is 0.247 e. The van der Waals surface area contributed by atoms with Crippen LogP contribution in [-0.2, 0) is 34.0 Å². The van der Waals surface area contributed by atoms with Crippen LogP contribution in [0.1, 0.15) is 113 Å². The molecule has 0 radical (unpaired) electrons. The van der Waals surface area contributed by atoms with Crippen LogP contribution < -0.4 is 17.1 Å². The first kappa shape index (κ1) is 37.2. The van der Waals surface area contributed by atoms with E-state index in [1.165, 1.54) is 13.7 Å². The van der Waals surface area contributed by atoms with Gasteiger partial charge in [-0.25, -0.2) is 57.4 Å². The SMILES string of the molecule is [CH2+]C1(C)CC(N=C=O)CC(C)(Cn2c(=O)n(CC3(C)CC(N=C=O)CC(C)(C)C3)c(=O)n(CC3(C)CC(N=C=O)CC(C)(C)C3)c2=O)C1. The summed E-state index contributed by atoms with van der Waals surface area (Å²) in [4.78, 5) is 89.1. The summed E-state index contributed by atoms with van der Waals surface area (Å²) in [7, 11) is 0. The first-order valence-electron chi connectivity index (χ1n) is 17.1. The topological polar surface area (TPSA) is 154 Å². The molecule has 0 aliphatic heterocycles. The molecule has 0 N–H and O–H groups in total. The normalized spacial score (nSPS) is 35.8. The molecular weight excluding hydrogens is 612 g/mol. The van der Waals surface area contributed by atoms with Crippen molar-refractivity contribution < 1.29 is 14.4 Å². The molecule has 7 unspecified atom stereocenters. The quantitative estimate of drug-likeness (QED) is 0.211. The van der Waals surface area contributed by atoms with Gasteiger partial charge in [-0.2, -0.15) is 0 Å². The summed E-state index contributed by atoms with van der Waals surface area (Å²) in [6, 6.07) is -0.958. The third-order valence-corrected chi connectivity index (χ3v) is 10.9. The van der Waals surface area contributed by atoms with Crippen molar-refractivity contribution in [1.29, 1.82) is 0 Å². The number of hydrogen-bond acceptors (Lipinski definition) is 9. The zero-order valence-corrected chi connectivity index (χ0v) is 30.1. The second-order valence-corrected chi connectivity index (χ2v) is 18.6. The van der Waals surface area contributed by atoms with Crippen molar-refractivity contribution in [2.45, 2.75) is 151 Å². The summed E-state index contributed by atoms with van der Waals surface area (Å²) >= 11 is 0. The second-order valence-electron chi connectivity index (χ2n) is 18.6. The Morgan fingerprint density at radius 2 is 0.833 bits per heavy atom. The zero-order valence-electron chi connectivity index (χ0n) is 30.1. The van der Waals surface area contributed by atoms with Crippen LogP contribution in [0.4, 0.5) is 0 Å². The molecule has 12 nitrogen and oxygen atoms in total. The third-order valence-electron chi connectivity index (χ3n) is 10.9. The molecule has 7 atom stereocenters. The maximum Gasteiger partial charge on any atom is 0.336 e. The monoisotopic (exact) mass is 665 g/mol. The van der Waals surface area contributed by atoms with Gasteiger partial charge in [0.05, 0.1) is 25.0 Å². The van der Waals surface area contributed by atoms with Crippen molar-refractivity contribution in [2.24, 2.45) is 47.5 Å². The van der Waals surface area contributed by atoms with E-state index in [0.717, 1.165) is 0 Å². The van der Waals surface area contributed by atoms with Crippen LogP contribution >= 0.6 is 0 Å². The van der Waals surface area contributed by atoms with Crippen LogP contribution in [0.15, 0.2) is 29.4 Å². The average molecular weight is 666 g/mol. The van der Waals surface area contributed by atoms with Gasteiger partial charge in [-0.15, -0.1) is 0 Å². The number of aromatic nitrogens is 3. The lowest BCUT2D eigenvalue weighted by Crippen LogP contribution is -2.59. The Labute approximate surface area is 282 Å². The standard InChI is InChI=1S/C36H53N6O6/c1-31(2)10-25(37-22-43)13-34(7,16-31)19-40-28(46)41(20-35(8)14-26(38-23-44)11-32(3,4)17-35)30(48)42(29(40)47)21-36(9)15-27(39-24-45)12-33(5,6)18-36/h25-27H,1,10-21H2,2-9H3/q+1. The van der Waals surface area contributed by atoms with E-state index in [4.69, 9.17) is 0 Å². The van der Waals surface area contributed by atoms with Crippen molar-refractivity contribution in [2.75, 3.05) is 0 Å². The minimum atomic E-state index is -0.688. The van der Waals surface area contributed by atoms with E-state index >= 15 is 0 Å². The molecule has 0 saturated heterocycles. The number of nitrogens with zero attached hydrogens (tertiary/aromatic N) is 6. The lowest BCUT2D eigenvalue weighted by atomic mass is 9.62. The highest BCUT2D eigenvalue weighted by molar-refractivity contribution is 5.34. The Morgan fingerprint density at radius 1 is 0.542 bits per heavy atom. The third kappa shape index (κ3) is 8.52. The van der Waals surface area contributed by atoms with Crippen LogP contribution in [0, 0.1) is 39.4 Å². The average Bonchev–Trinajstić information content (AvgIpc) is 2.89. The molecule has 12 heteroatoms. The highest BCUT2D eigenvalue weighted by atomic mass is 16.2. The van der Waals surface area contributed by atoms with Crippen LogP contribution in [0.2, 0.25) is 0 Å². The van der Waals surface area contributed by atoms with Gasteiger partial charge < -0.3 is 0 Å². The zero-order chi connectivity index (χ0) is 35.9. The Hall–Kier alpha value is -3.58. The van der Waals surface area contributed by atoms with Gasteiger partial charge in [-0.3, -0.25) is 0 Å². The Bertz CT molecular complexity index is 1500. The van der Waals surface area contributed by atoms with E-state index < -0.39 is 38.7 Å². The largest absolute Gasteiger partial charge is 0.336 e. The predicted molar refractivity (Wildman–Crippen MR) is 182 cm³/mol. The second kappa shape index (κ2) is 13.0. The van der Waals surface area contributed by atoms with E-state index in [-0.39, 0.29) is 48.6 Å². The molecule has 3 saturated carbocycles. The summed E-state index contributed by atoms with van der Waals surface area (Å²) in [5.74, 6) is 0. The lowest BCUT2D eigenvalue weighted by Gasteiger charge is -2.46. The number of rotatable bonds is 9. The predicted octanol–water partition coefficient (Wildman–Crippen LogP) is 4.75. The van der Waals surface area contributed by atoms with E-state index in [1.54, 1.807) is 18.2 Å². The maximum atomic E-state index is 14.4. The van der Waals surface area contributed by atoms with Crippen molar-refractivity contribution in [3.8, 4) is 0 Å². The molecule has 0 aromatic carbocycles. The Kier molecular flexibility index (Phi) is 10.1. The van der Waals surface area contributed by atoms with E-state index in [2.05, 4.69) is 49.6 Å². The Balaban J connectivity index is 1.89. The molecule has 0 amide bonds. The number of aliphatic imine (C=N–C) groups is 3. The highest BCUT2D eigenvalue weighted by Crippen LogP contribution is 2.50. The minimum absolute atomic E-state index is 0.0153. The fourth-order valence-electron chi connectivity index (χ4n) is 10.6. The first-order chi connectivity index (χ1) is 22.1. The van der Waals surface area contributed by atoms with Gasteiger partial charge >= 0.3 is 17.1 Å². The molecule has 1 aromatic heterocycles. The van der Waals surface area contributed by atoms with Gasteiger partial charge in [0.1, 0.15) is 5.41 Å². The van der Waals surface area contributed by atoms with Crippen molar-refractivity contribution in [1.82, 2.24) is 13.7 Å². The van der Waals surface area contributed by atoms with Gasteiger partial charge in [0, 0.05) is 32.5 Å². The maximum absolute atomic E-state index is 14.4. The molecular formula is C36H53N6O6+. The van der Waals surface area contributed by atoms with Gasteiger partial charge in [0.15, 0.2) is 0 Å². The number of isocyanates is 3. The number of hydrogen-bond donors (Lipinski definition) is 0. The van der Waals surface area contributed by atoms with Gasteiger partial charge in [0.2, 0.25) is 18.2 Å². The fraction of sp³-hybridized carbons (Fsp3) is 0.806. The van der Waals surface area contributed by atoms with Crippen LogP contribution in [0.5, 0.6) is 0 Å². The van der Waals surface area contributed by atoms with Gasteiger partial charge in [0.25, 0.3) is 0 Å². The van der Waals surface area contributed by atoms with Crippen molar-refractivity contribution in [3.63, 3.8) is 0 Å². The molecule has 0 spiro atoms. The van der Waals surface area contributed by atoms with Crippen LogP contribution in [-0.4, -0.2) is 50.1 Å². The molecule has 3 aliphatic rings. The van der Waals surface area contributed by atoms with Crippen molar-refractivity contribution in [3.05, 3.63) is 38.4 Å². The summed E-state index contributed by atoms with van der Waals surface area (Å²) in [5.41, 5.74) is -4.75. The van der Waals surface area contributed by atoms with Crippen molar-refractivity contribution >= 4 is 18.2 Å². The highest BCUT2D eigenvalue weighted by Gasteiger charge is 2.48. The van der Waals surface area contributed by atoms with Crippen LogP contribution in [0.25, 0.3) is 0 Å². The molecule has 3 fully saturated rings. The molecule has 3 aliphatic carbocycles.